The zero-order valence-electron chi connectivity index (χ0n) is 11.0. The van der Waals surface area contributed by atoms with Gasteiger partial charge in [0.15, 0.2) is 0 Å². The van der Waals surface area contributed by atoms with Gasteiger partial charge in [0.2, 0.25) is 0 Å². The van der Waals surface area contributed by atoms with Crippen molar-refractivity contribution in [3.63, 3.8) is 0 Å². The minimum Gasteiger partial charge on any atom is -0.354 e. The number of rotatable bonds is 7. The van der Waals surface area contributed by atoms with Gasteiger partial charge in [-0.1, -0.05) is 6.92 Å². The number of hydrogen-bond donors (Lipinski definition) is 1. The van der Waals surface area contributed by atoms with Crippen LogP contribution in [0.5, 0.6) is 0 Å². The van der Waals surface area contributed by atoms with Crippen molar-refractivity contribution < 1.29 is 0 Å². The summed E-state index contributed by atoms with van der Waals surface area (Å²) in [6.07, 6.45) is 5.59. The second-order valence-corrected chi connectivity index (χ2v) is 4.80. The third kappa shape index (κ3) is 4.81. The predicted octanol–water partition coefficient (Wildman–Crippen LogP) is 1.94. The second kappa shape index (κ2) is 6.71. The summed E-state index contributed by atoms with van der Waals surface area (Å²) < 4.78 is 2.26. The Balaban J connectivity index is 2.30. The normalized spacial score (nSPS) is 13.3. The molecule has 16 heavy (non-hydrogen) atoms. The van der Waals surface area contributed by atoms with Crippen molar-refractivity contribution in [1.82, 2.24) is 14.8 Å². The van der Waals surface area contributed by atoms with Crippen LogP contribution in [-0.2, 0) is 13.1 Å². The lowest BCUT2D eigenvalue weighted by atomic mass is 10.3. The van der Waals surface area contributed by atoms with Gasteiger partial charge in [-0.15, -0.1) is 0 Å². The Morgan fingerprint density at radius 2 is 2.19 bits per heavy atom. The highest BCUT2D eigenvalue weighted by Gasteiger charge is 2.03. The fourth-order valence-corrected chi connectivity index (χ4v) is 1.90. The molecule has 1 aromatic heterocycles. The first kappa shape index (κ1) is 13.3. The highest BCUT2D eigenvalue weighted by atomic mass is 15.1. The number of likely N-dealkylation sites (N-methyl/N-ethyl adjacent to an activating group) is 1. The summed E-state index contributed by atoms with van der Waals surface area (Å²) in [7, 11) is 4.21. The Bertz CT molecular complexity index is 291. The summed E-state index contributed by atoms with van der Waals surface area (Å²) in [6.45, 7) is 7.59. The zero-order chi connectivity index (χ0) is 12.0. The van der Waals surface area contributed by atoms with E-state index in [0.29, 0.717) is 6.04 Å². The van der Waals surface area contributed by atoms with Crippen LogP contribution in [0.3, 0.4) is 0 Å². The molecule has 0 radical (unpaired) electrons. The van der Waals surface area contributed by atoms with E-state index in [-0.39, 0.29) is 0 Å². The van der Waals surface area contributed by atoms with Gasteiger partial charge in [0, 0.05) is 38.1 Å². The van der Waals surface area contributed by atoms with Gasteiger partial charge in [0.25, 0.3) is 0 Å². The van der Waals surface area contributed by atoms with Gasteiger partial charge < -0.3 is 14.8 Å². The lowest BCUT2D eigenvalue weighted by Gasteiger charge is -2.17. The van der Waals surface area contributed by atoms with E-state index < -0.39 is 0 Å². The lowest BCUT2D eigenvalue weighted by molar-refractivity contribution is 0.349. The van der Waals surface area contributed by atoms with Crippen molar-refractivity contribution in [2.45, 2.75) is 39.4 Å². The van der Waals surface area contributed by atoms with E-state index in [1.807, 2.05) is 0 Å². The summed E-state index contributed by atoms with van der Waals surface area (Å²) in [6, 6.07) is 2.73. The molecule has 0 bridgehead atoms. The molecule has 0 saturated heterocycles. The molecule has 0 amide bonds. The maximum Gasteiger partial charge on any atom is 0.0223 e. The van der Waals surface area contributed by atoms with E-state index in [1.54, 1.807) is 0 Å². The van der Waals surface area contributed by atoms with Crippen molar-refractivity contribution in [3.05, 3.63) is 24.0 Å². The van der Waals surface area contributed by atoms with Crippen molar-refractivity contribution in [1.29, 1.82) is 0 Å². The number of nitrogens with zero attached hydrogens (tertiary/aromatic N) is 2. The maximum atomic E-state index is 3.53. The van der Waals surface area contributed by atoms with Crippen molar-refractivity contribution in [2.75, 3.05) is 20.6 Å². The highest BCUT2D eigenvalue weighted by Crippen LogP contribution is 2.02. The fourth-order valence-electron chi connectivity index (χ4n) is 1.90. The van der Waals surface area contributed by atoms with Crippen LogP contribution >= 0.6 is 0 Å². The molecule has 1 N–H and O–H groups in total. The standard InChI is InChI=1S/C13H25N3/c1-5-7-16-8-6-13(11-16)9-14-12(2)10-15(3)4/h6,8,11-12,14H,5,7,9-10H2,1-4H3. The monoisotopic (exact) mass is 223 g/mol. The van der Waals surface area contributed by atoms with Crippen LogP contribution in [0.25, 0.3) is 0 Å². The third-order valence-electron chi connectivity index (χ3n) is 2.59. The van der Waals surface area contributed by atoms with E-state index in [2.05, 4.69) is 61.2 Å². The summed E-state index contributed by atoms with van der Waals surface area (Å²) in [5.41, 5.74) is 1.37. The summed E-state index contributed by atoms with van der Waals surface area (Å²) in [5, 5.41) is 3.53. The molecule has 0 saturated carbocycles. The lowest BCUT2D eigenvalue weighted by Crippen LogP contribution is -2.35. The topological polar surface area (TPSA) is 20.2 Å². The van der Waals surface area contributed by atoms with Crippen molar-refractivity contribution in [3.8, 4) is 0 Å². The number of nitrogens with one attached hydrogen (secondary N) is 1. The van der Waals surface area contributed by atoms with Gasteiger partial charge in [-0.25, -0.2) is 0 Å². The SMILES string of the molecule is CCCn1ccc(CNC(C)CN(C)C)c1. The smallest absolute Gasteiger partial charge is 0.0223 e. The molecule has 3 heteroatoms. The van der Waals surface area contributed by atoms with Crippen molar-refractivity contribution in [2.24, 2.45) is 0 Å². The van der Waals surface area contributed by atoms with Gasteiger partial charge in [-0.05, 0) is 39.1 Å². The minimum atomic E-state index is 0.532. The van der Waals surface area contributed by atoms with E-state index in [4.69, 9.17) is 0 Å². The molecule has 0 aliphatic heterocycles. The first-order chi connectivity index (χ1) is 7.61. The van der Waals surface area contributed by atoms with E-state index in [9.17, 15) is 0 Å². The van der Waals surface area contributed by atoms with Crippen LogP contribution in [0.2, 0.25) is 0 Å². The molecule has 0 fully saturated rings. The van der Waals surface area contributed by atoms with Gasteiger partial charge in [0.05, 0.1) is 0 Å². The van der Waals surface area contributed by atoms with Crippen LogP contribution in [0, 0.1) is 0 Å². The van der Waals surface area contributed by atoms with Gasteiger partial charge in [-0.2, -0.15) is 0 Å². The van der Waals surface area contributed by atoms with Crippen LogP contribution < -0.4 is 5.32 Å². The molecule has 1 unspecified atom stereocenters. The Kier molecular flexibility index (Phi) is 5.56. The molecule has 1 heterocycles. The average Bonchev–Trinajstić information content (AvgIpc) is 2.62. The molecular weight excluding hydrogens is 198 g/mol. The summed E-state index contributed by atoms with van der Waals surface area (Å²) in [4.78, 5) is 2.21. The maximum absolute atomic E-state index is 3.53. The number of aryl methyl sites for hydroxylation is 1. The first-order valence-corrected chi connectivity index (χ1v) is 6.14. The first-order valence-electron chi connectivity index (χ1n) is 6.14. The van der Waals surface area contributed by atoms with Gasteiger partial charge in [0.1, 0.15) is 0 Å². The molecule has 1 atom stereocenters. The van der Waals surface area contributed by atoms with Crippen LogP contribution in [-0.4, -0.2) is 36.1 Å². The second-order valence-electron chi connectivity index (χ2n) is 4.80. The van der Waals surface area contributed by atoms with Gasteiger partial charge in [-0.3, -0.25) is 0 Å². The summed E-state index contributed by atoms with van der Waals surface area (Å²) >= 11 is 0. The molecule has 1 aromatic rings. The molecule has 0 aromatic carbocycles. The zero-order valence-corrected chi connectivity index (χ0v) is 11.0. The van der Waals surface area contributed by atoms with E-state index in [1.165, 1.54) is 12.0 Å². The van der Waals surface area contributed by atoms with Crippen LogP contribution in [0.4, 0.5) is 0 Å². The summed E-state index contributed by atoms with van der Waals surface area (Å²) in [5.74, 6) is 0. The Hall–Kier alpha value is -0.800. The fraction of sp³-hybridized carbons (Fsp3) is 0.692. The number of hydrogen-bond acceptors (Lipinski definition) is 2. The predicted molar refractivity (Wildman–Crippen MR) is 69.6 cm³/mol. The average molecular weight is 223 g/mol. The highest BCUT2D eigenvalue weighted by molar-refractivity contribution is 5.10. The molecular formula is C13H25N3. The largest absolute Gasteiger partial charge is 0.354 e. The van der Waals surface area contributed by atoms with E-state index in [0.717, 1.165) is 19.6 Å². The van der Waals surface area contributed by atoms with E-state index >= 15 is 0 Å². The Labute approximate surface area is 99.4 Å². The number of aromatic nitrogens is 1. The third-order valence-corrected chi connectivity index (χ3v) is 2.59. The molecule has 0 aliphatic carbocycles. The Morgan fingerprint density at radius 1 is 1.44 bits per heavy atom. The molecule has 1 rings (SSSR count). The molecule has 3 nitrogen and oxygen atoms in total. The Morgan fingerprint density at radius 3 is 2.81 bits per heavy atom. The molecule has 0 aliphatic rings. The molecule has 92 valence electrons. The quantitative estimate of drug-likeness (QED) is 0.762. The van der Waals surface area contributed by atoms with Crippen LogP contribution in [0.15, 0.2) is 18.5 Å². The molecule has 0 spiro atoms. The minimum absolute atomic E-state index is 0.532. The van der Waals surface area contributed by atoms with Crippen molar-refractivity contribution >= 4 is 0 Å². The van der Waals surface area contributed by atoms with Crippen LogP contribution in [0.1, 0.15) is 25.8 Å². The van der Waals surface area contributed by atoms with Gasteiger partial charge >= 0.3 is 0 Å².